The molecule has 108 valence electrons. The quantitative estimate of drug-likeness (QED) is 0.803. The number of anilines is 1. The maximum absolute atomic E-state index is 13.4. The number of nitrogen functional groups attached to an aromatic ring is 1. The van der Waals surface area contributed by atoms with Gasteiger partial charge < -0.3 is 5.73 Å². The molecule has 0 amide bonds. The van der Waals surface area contributed by atoms with Crippen molar-refractivity contribution in [3.63, 3.8) is 0 Å². The van der Waals surface area contributed by atoms with Crippen molar-refractivity contribution in [2.24, 2.45) is 0 Å². The molecule has 0 fully saturated rings. The van der Waals surface area contributed by atoms with E-state index < -0.39 is 15.8 Å². The van der Waals surface area contributed by atoms with Gasteiger partial charge in [-0.05, 0) is 46.6 Å². The molecule has 8 heteroatoms. The van der Waals surface area contributed by atoms with E-state index in [0.29, 0.717) is 0 Å². The van der Waals surface area contributed by atoms with Crippen LogP contribution >= 0.6 is 27.3 Å². The van der Waals surface area contributed by atoms with Gasteiger partial charge in [0.15, 0.2) is 0 Å². The predicted molar refractivity (Wildman–Crippen MR) is 81.6 cm³/mol. The highest BCUT2D eigenvalue weighted by Gasteiger charge is 2.17. The van der Waals surface area contributed by atoms with Crippen LogP contribution in [-0.2, 0) is 16.6 Å². The van der Waals surface area contributed by atoms with E-state index in [1.165, 1.54) is 24.3 Å². The summed E-state index contributed by atoms with van der Waals surface area (Å²) in [5.74, 6) is -0.592. The Morgan fingerprint density at radius 1 is 1.40 bits per heavy atom. The first-order valence-electron chi connectivity index (χ1n) is 5.58. The Kier molecular flexibility index (Phi) is 4.48. The van der Waals surface area contributed by atoms with Crippen LogP contribution in [0.2, 0.25) is 0 Å². The van der Waals surface area contributed by atoms with Crippen molar-refractivity contribution >= 4 is 43.0 Å². The molecule has 1 aromatic carbocycles. The fraction of sp³-hybridized carbons (Fsp3) is 0.167. The molecule has 0 saturated heterocycles. The molecule has 1 aromatic heterocycles. The Morgan fingerprint density at radius 2 is 2.10 bits per heavy atom. The van der Waals surface area contributed by atoms with E-state index in [0.717, 1.165) is 15.4 Å². The third-order valence-electron chi connectivity index (χ3n) is 2.62. The summed E-state index contributed by atoms with van der Waals surface area (Å²) in [5, 5.41) is 1.86. The summed E-state index contributed by atoms with van der Waals surface area (Å²) >= 11 is 4.74. The number of rotatable bonds is 4. The van der Waals surface area contributed by atoms with Gasteiger partial charge in [-0.15, -0.1) is 11.3 Å². The molecule has 0 bridgehead atoms. The van der Waals surface area contributed by atoms with Crippen molar-refractivity contribution in [1.82, 2.24) is 4.72 Å². The minimum absolute atomic E-state index is 0.0375. The number of hydrogen-bond donors (Lipinski definition) is 2. The lowest BCUT2D eigenvalue weighted by atomic mass is 10.2. The van der Waals surface area contributed by atoms with Crippen LogP contribution < -0.4 is 10.5 Å². The first-order valence-corrected chi connectivity index (χ1v) is 8.73. The Balaban J connectivity index is 2.22. The van der Waals surface area contributed by atoms with Crippen molar-refractivity contribution in [2.45, 2.75) is 18.4 Å². The summed E-state index contributed by atoms with van der Waals surface area (Å²) < 4.78 is 41.0. The van der Waals surface area contributed by atoms with E-state index in [2.05, 4.69) is 20.7 Å². The second kappa shape index (κ2) is 5.80. The zero-order valence-corrected chi connectivity index (χ0v) is 13.7. The van der Waals surface area contributed by atoms with Gasteiger partial charge in [0.05, 0.1) is 10.6 Å². The summed E-state index contributed by atoms with van der Waals surface area (Å²) in [5.41, 5.74) is 5.48. The van der Waals surface area contributed by atoms with E-state index in [1.807, 2.05) is 11.4 Å². The molecule has 0 saturated carbocycles. The number of hydrogen-bond acceptors (Lipinski definition) is 4. The lowest BCUT2D eigenvalue weighted by Crippen LogP contribution is -2.23. The minimum atomic E-state index is -3.72. The average molecular weight is 379 g/mol. The van der Waals surface area contributed by atoms with E-state index in [4.69, 9.17) is 5.73 Å². The van der Waals surface area contributed by atoms with Gasteiger partial charge >= 0.3 is 0 Å². The smallest absolute Gasteiger partial charge is 0.240 e. The number of sulfonamides is 1. The molecule has 0 radical (unpaired) electrons. The van der Waals surface area contributed by atoms with Gasteiger partial charge in [0.25, 0.3) is 0 Å². The molecule has 1 heterocycles. The van der Waals surface area contributed by atoms with Crippen molar-refractivity contribution < 1.29 is 12.8 Å². The molecule has 4 nitrogen and oxygen atoms in total. The third kappa shape index (κ3) is 3.38. The molecular formula is C12H12BrFN2O2S2. The fourth-order valence-corrected chi connectivity index (χ4v) is 4.22. The van der Waals surface area contributed by atoms with E-state index in [1.54, 1.807) is 0 Å². The number of nitrogens with one attached hydrogen (secondary N) is 1. The molecule has 20 heavy (non-hydrogen) atoms. The molecule has 0 atom stereocenters. The van der Waals surface area contributed by atoms with E-state index in [9.17, 15) is 12.8 Å². The van der Waals surface area contributed by atoms with Crippen LogP contribution in [0, 0.1) is 12.7 Å². The van der Waals surface area contributed by atoms with Crippen LogP contribution in [0.5, 0.6) is 0 Å². The maximum Gasteiger partial charge on any atom is 0.240 e. The Morgan fingerprint density at radius 3 is 2.65 bits per heavy atom. The summed E-state index contributed by atoms with van der Waals surface area (Å²) in [6.45, 7) is 1.65. The Bertz CT molecular complexity index is 721. The van der Waals surface area contributed by atoms with Crippen LogP contribution in [0.4, 0.5) is 10.1 Å². The Labute approximate surface area is 129 Å². The van der Waals surface area contributed by atoms with Crippen LogP contribution in [0.3, 0.4) is 0 Å². The summed E-state index contributed by atoms with van der Waals surface area (Å²) in [7, 11) is -3.72. The van der Waals surface area contributed by atoms with Gasteiger partial charge in [-0.25, -0.2) is 17.5 Å². The molecule has 0 aliphatic heterocycles. The molecule has 2 rings (SSSR count). The van der Waals surface area contributed by atoms with Crippen molar-refractivity contribution in [1.29, 1.82) is 0 Å². The van der Waals surface area contributed by atoms with Crippen molar-refractivity contribution in [3.8, 4) is 0 Å². The zero-order valence-electron chi connectivity index (χ0n) is 10.5. The first-order chi connectivity index (χ1) is 9.29. The largest absolute Gasteiger partial charge is 0.396 e. The van der Waals surface area contributed by atoms with Crippen LogP contribution in [-0.4, -0.2) is 8.42 Å². The topological polar surface area (TPSA) is 72.2 Å². The van der Waals surface area contributed by atoms with Gasteiger partial charge in [0, 0.05) is 21.3 Å². The third-order valence-corrected chi connectivity index (χ3v) is 5.70. The zero-order chi connectivity index (χ0) is 14.9. The molecule has 0 unspecified atom stereocenters. The summed E-state index contributed by atoms with van der Waals surface area (Å²) in [6.07, 6.45) is 0. The molecule has 3 N–H and O–H groups in total. The predicted octanol–water partition coefficient (Wildman–Crippen LogP) is 3.02. The van der Waals surface area contributed by atoms with Gasteiger partial charge in [-0.2, -0.15) is 0 Å². The number of aryl methyl sites for hydroxylation is 1. The minimum Gasteiger partial charge on any atom is -0.396 e. The average Bonchev–Trinajstić information content (AvgIpc) is 2.79. The lowest BCUT2D eigenvalue weighted by Gasteiger charge is -2.08. The van der Waals surface area contributed by atoms with E-state index >= 15 is 0 Å². The highest BCUT2D eigenvalue weighted by Crippen LogP contribution is 2.22. The van der Waals surface area contributed by atoms with Crippen LogP contribution in [0.1, 0.15) is 10.4 Å². The molecule has 0 aliphatic carbocycles. The van der Waals surface area contributed by atoms with Crippen LogP contribution in [0.15, 0.2) is 32.9 Å². The van der Waals surface area contributed by atoms with Gasteiger partial charge in [0.2, 0.25) is 10.0 Å². The summed E-state index contributed by atoms with van der Waals surface area (Å²) in [4.78, 5) is 0.830. The second-order valence-electron chi connectivity index (χ2n) is 4.20. The standard InChI is InChI=1S/C12H12BrFN2O2S2/c1-7-2-10(4-11(15)12(7)14)20(17,18)16-5-9-3-8(13)6-19-9/h2-4,6,16H,5,15H2,1H3. The highest BCUT2D eigenvalue weighted by molar-refractivity contribution is 9.10. The summed E-state index contributed by atoms with van der Waals surface area (Å²) in [6, 6.07) is 4.21. The van der Waals surface area contributed by atoms with Gasteiger partial charge in [-0.3, -0.25) is 0 Å². The van der Waals surface area contributed by atoms with Gasteiger partial charge in [0.1, 0.15) is 5.82 Å². The monoisotopic (exact) mass is 378 g/mol. The highest BCUT2D eigenvalue weighted by atomic mass is 79.9. The molecular weight excluding hydrogens is 367 g/mol. The number of nitrogens with two attached hydrogens (primary N) is 1. The SMILES string of the molecule is Cc1cc(S(=O)(=O)NCc2cc(Br)cs2)cc(N)c1F. The number of thiophene rings is 1. The fourth-order valence-electron chi connectivity index (χ4n) is 1.61. The van der Waals surface area contributed by atoms with Gasteiger partial charge in [-0.1, -0.05) is 0 Å². The number of benzene rings is 1. The molecule has 2 aromatic rings. The van der Waals surface area contributed by atoms with Crippen molar-refractivity contribution in [2.75, 3.05) is 5.73 Å². The molecule has 0 spiro atoms. The normalized spacial score (nSPS) is 11.8. The Hall–Kier alpha value is -0.960. The lowest BCUT2D eigenvalue weighted by molar-refractivity contribution is 0.580. The first kappa shape index (κ1) is 15.4. The van der Waals surface area contributed by atoms with Crippen molar-refractivity contribution in [3.05, 3.63) is 44.3 Å². The molecule has 0 aliphatic rings. The van der Waals surface area contributed by atoms with E-state index in [-0.39, 0.29) is 22.7 Å². The van der Waals surface area contributed by atoms with Crippen LogP contribution in [0.25, 0.3) is 0 Å². The number of halogens is 2. The maximum atomic E-state index is 13.4. The second-order valence-corrected chi connectivity index (χ2v) is 7.88.